The van der Waals surface area contributed by atoms with E-state index < -0.39 is 0 Å². The lowest BCUT2D eigenvalue weighted by Crippen LogP contribution is -2.03. The summed E-state index contributed by atoms with van der Waals surface area (Å²) in [6, 6.07) is 0. The van der Waals surface area contributed by atoms with Crippen molar-refractivity contribution in [3.63, 3.8) is 0 Å². The Hall–Kier alpha value is -1.29. The van der Waals surface area contributed by atoms with Crippen LogP contribution in [0.15, 0.2) is 6.20 Å². The van der Waals surface area contributed by atoms with E-state index in [2.05, 4.69) is 4.98 Å². The van der Waals surface area contributed by atoms with Crippen LogP contribution in [0.5, 0.6) is 5.75 Å². The lowest BCUT2D eigenvalue weighted by atomic mass is 10.2. The summed E-state index contributed by atoms with van der Waals surface area (Å²) in [4.78, 5) is 14.7. The van der Waals surface area contributed by atoms with Crippen LogP contribution < -0.4 is 4.74 Å². The predicted molar refractivity (Wildman–Crippen MR) is 56.0 cm³/mol. The van der Waals surface area contributed by atoms with Gasteiger partial charge in [-0.25, -0.2) is 0 Å². The van der Waals surface area contributed by atoms with E-state index in [0.717, 1.165) is 5.56 Å². The molecule has 0 radical (unpaired) electrons. The number of pyridine rings is 1. The molecule has 0 aliphatic heterocycles. The van der Waals surface area contributed by atoms with Gasteiger partial charge in [0.1, 0.15) is 23.1 Å². The molecule has 0 spiro atoms. The maximum Gasteiger partial charge on any atom is 0.303 e. The fourth-order valence-corrected chi connectivity index (χ4v) is 1.44. The minimum atomic E-state index is -0.368. The topological polar surface area (TPSA) is 48.4 Å². The molecule has 1 rings (SSSR count). The summed E-state index contributed by atoms with van der Waals surface area (Å²) >= 11 is 6.02. The van der Waals surface area contributed by atoms with Crippen LogP contribution in [0.4, 0.5) is 0 Å². The van der Waals surface area contributed by atoms with Crippen LogP contribution in [0.3, 0.4) is 0 Å². The smallest absolute Gasteiger partial charge is 0.303 e. The van der Waals surface area contributed by atoms with Gasteiger partial charge in [-0.3, -0.25) is 9.78 Å². The number of halogens is 1. The molecule has 0 saturated carbocycles. The molecule has 82 valence electrons. The molecule has 0 aromatic carbocycles. The Morgan fingerprint density at radius 1 is 1.60 bits per heavy atom. The van der Waals surface area contributed by atoms with Crippen LogP contribution >= 0.6 is 11.6 Å². The number of aromatic nitrogens is 1. The monoisotopic (exact) mass is 229 g/mol. The van der Waals surface area contributed by atoms with Gasteiger partial charge in [0.25, 0.3) is 0 Å². The first-order valence-electron chi connectivity index (χ1n) is 4.37. The van der Waals surface area contributed by atoms with Crippen molar-refractivity contribution in [3.8, 4) is 5.75 Å². The van der Waals surface area contributed by atoms with Gasteiger partial charge in [0.05, 0.1) is 7.11 Å². The van der Waals surface area contributed by atoms with E-state index in [-0.39, 0.29) is 12.6 Å². The molecule has 0 atom stereocenters. The highest BCUT2D eigenvalue weighted by molar-refractivity contribution is 6.32. The van der Waals surface area contributed by atoms with Gasteiger partial charge in [0.15, 0.2) is 0 Å². The Morgan fingerprint density at radius 3 is 2.80 bits per heavy atom. The summed E-state index contributed by atoms with van der Waals surface area (Å²) in [7, 11) is 1.53. The summed E-state index contributed by atoms with van der Waals surface area (Å²) < 4.78 is 9.92. The number of rotatable bonds is 3. The average molecular weight is 230 g/mol. The fourth-order valence-electron chi connectivity index (χ4n) is 1.12. The van der Waals surface area contributed by atoms with Crippen molar-refractivity contribution in [2.75, 3.05) is 7.11 Å². The standard InChI is InChI=1S/C10H12ClNO3/c1-6-4-12-8(5-15-7(2)13)9(11)10(6)14-3/h4H,5H2,1-3H3. The molecule has 5 heteroatoms. The second-order valence-corrected chi connectivity index (χ2v) is 3.39. The highest BCUT2D eigenvalue weighted by Gasteiger charge is 2.12. The van der Waals surface area contributed by atoms with Gasteiger partial charge in [0.2, 0.25) is 0 Å². The Labute approximate surface area is 93.2 Å². The minimum absolute atomic E-state index is 0.0603. The Balaban J connectivity index is 2.94. The van der Waals surface area contributed by atoms with E-state index in [1.807, 2.05) is 6.92 Å². The van der Waals surface area contributed by atoms with E-state index in [1.165, 1.54) is 14.0 Å². The van der Waals surface area contributed by atoms with Crippen LogP contribution in [0.2, 0.25) is 5.02 Å². The Bertz CT molecular complexity index is 379. The quantitative estimate of drug-likeness (QED) is 0.745. The van der Waals surface area contributed by atoms with Crippen LogP contribution in [-0.4, -0.2) is 18.1 Å². The van der Waals surface area contributed by atoms with E-state index in [0.29, 0.717) is 16.5 Å². The van der Waals surface area contributed by atoms with E-state index >= 15 is 0 Å². The van der Waals surface area contributed by atoms with Crippen molar-refractivity contribution in [3.05, 3.63) is 22.5 Å². The SMILES string of the molecule is COc1c(C)cnc(COC(C)=O)c1Cl. The lowest BCUT2D eigenvalue weighted by Gasteiger charge is -2.10. The minimum Gasteiger partial charge on any atom is -0.495 e. The summed E-state index contributed by atoms with van der Waals surface area (Å²) in [5, 5.41) is 0.388. The van der Waals surface area contributed by atoms with E-state index in [4.69, 9.17) is 21.1 Å². The number of hydrogen-bond acceptors (Lipinski definition) is 4. The highest BCUT2D eigenvalue weighted by atomic mass is 35.5. The molecule has 4 nitrogen and oxygen atoms in total. The Morgan fingerprint density at radius 2 is 2.27 bits per heavy atom. The first-order valence-corrected chi connectivity index (χ1v) is 4.75. The fraction of sp³-hybridized carbons (Fsp3) is 0.400. The first kappa shape index (κ1) is 11.8. The molecular weight excluding hydrogens is 218 g/mol. The number of nitrogens with zero attached hydrogens (tertiary/aromatic N) is 1. The van der Waals surface area contributed by atoms with Crippen LogP contribution in [0.1, 0.15) is 18.2 Å². The number of hydrogen-bond donors (Lipinski definition) is 0. The van der Waals surface area contributed by atoms with Crippen LogP contribution in [0, 0.1) is 6.92 Å². The van der Waals surface area contributed by atoms with Gasteiger partial charge in [-0.1, -0.05) is 11.6 Å². The number of ether oxygens (including phenoxy) is 2. The highest BCUT2D eigenvalue weighted by Crippen LogP contribution is 2.30. The molecular formula is C10H12ClNO3. The van der Waals surface area contributed by atoms with Gasteiger partial charge >= 0.3 is 5.97 Å². The van der Waals surface area contributed by atoms with E-state index in [1.54, 1.807) is 6.20 Å². The van der Waals surface area contributed by atoms with Crippen LogP contribution in [-0.2, 0) is 16.1 Å². The van der Waals surface area contributed by atoms with Gasteiger partial charge in [-0.2, -0.15) is 0 Å². The van der Waals surface area contributed by atoms with Gasteiger partial charge in [-0.15, -0.1) is 0 Å². The first-order chi connectivity index (χ1) is 7.06. The van der Waals surface area contributed by atoms with Gasteiger partial charge in [0, 0.05) is 18.7 Å². The molecule has 0 amide bonds. The molecule has 0 N–H and O–H groups in total. The predicted octanol–water partition coefficient (Wildman–Crippen LogP) is 2.12. The summed E-state index contributed by atoms with van der Waals surface area (Å²) in [5.74, 6) is 0.196. The lowest BCUT2D eigenvalue weighted by molar-refractivity contribution is -0.142. The molecule has 0 fully saturated rings. The maximum atomic E-state index is 10.6. The largest absolute Gasteiger partial charge is 0.495 e. The zero-order valence-corrected chi connectivity index (χ0v) is 9.59. The zero-order chi connectivity index (χ0) is 11.4. The summed E-state index contributed by atoms with van der Waals surface area (Å²) in [6.45, 7) is 3.23. The van der Waals surface area contributed by atoms with Crippen molar-refractivity contribution >= 4 is 17.6 Å². The maximum absolute atomic E-state index is 10.6. The van der Waals surface area contributed by atoms with Gasteiger partial charge in [-0.05, 0) is 6.92 Å². The van der Waals surface area contributed by atoms with Crippen molar-refractivity contribution in [2.24, 2.45) is 0 Å². The second-order valence-electron chi connectivity index (χ2n) is 3.02. The number of carbonyl (C=O) groups excluding carboxylic acids is 1. The third-order valence-electron chi connectivity index (χ3n) is 1.84. The Kier molecular flexibility index (Phi) is 3.91. The third-order valence-corrected chi connectivity index (χ3v) is 2.23. The molecule has 0 bridgehead atoms. The van der Waals surface area contributed by atoms with Gasteiger partial charge < -0.3 is 9.47 Å². The van der Waals surface area contributed by atoms with Crippen LogP contribution in [0.25, 0.3) is 0 Å². The number of aryl methyl sites for hydroxylation is 1. The molecule has 0 aliphatic rings. The molecule has 0 unspecified atom stereocenters. The average Bonchev–Trinajstić information content (AvgIpc) is 2.17. The number of esters is 1. The number of carbonyl (C=O) groups is 1. The number of methoxy groups -OCH3 is 1. The van der Waals surface area contributed by atoms with Crippen molar-refractivity contribution in [1.82, 2.24) is 4.98 Å². The molecule has 0 saturated heterocycles. The molecule has 1 heterocycles. The van der Waals surface area contributed by atoms with Crippen molar-refractivity contribution < 1.29 is 14.3 Å². The molecule has 15 heavy (non-hydrogen) atoms. The zero-order valence-electron chi connectivity index (χ0n) is 8.83. The molecule has 1 aromatic rings. The second kappa shape index (κ2) is 4.98. The third kappa shape index (κ3) is 2.83. The molecule has 1 aromatic heterocycles. The van der Waals surface area contributed by atoms with Crippen molar-refractivity contribution in [1.29, 1.82) is 0 Å². The molecule has 0 aliphatic carbocycles. The summed E-state index contributed by atoms with van der Waals surface area (Å²) in [6.07, 6.45) is 1.63. The normalized spacial score (nSPS) is 9.87. The van der Waals surface area contributed by atoms with Crippen molar-refractivity contribution in [2.45, 2.75) is 20.5 Å². The summed E-state index contributed by atoms with van der Waals surface area (Å²) in [5.41, 5.74) is 1.34. The van der Waals surface area contributed by atoms with E-state index in [9.17, 15) is 4.79 Å².